The van der Waals surface area contributed by atoms with Crippen LogP contribution in [0.5, 0.6) is 0 Å². The molecule has 10 heteroatoms. The van der Waals surface area contributed by atoms with Crippen LogP contribution in [-0.4, -0.2) is 64.0 Å². The van der Waals surface area contributed by atoms with Gasteiger partial charge in [-0.1, -0.05) is 33.3 Å². The molecule has 1 amide bonds. The molecule has 0 aromatic carbocycles. The first-order valence-corrected chi connectivity index (χ1v) is 15.0. The van der Waals surface area contributed by atoms with Gasteiger partial charge in [0, 0.05) is 18.3 Å². The summed E-state index contributed by atoms with van der Waals surface area (Å²) >= 11 is 0. The van der Waals surface area contributed by atoms with Gasteiger partial charge in [0.05, 0.1) is 24.5 Å². The molecule has 0 aliphatic heterocycles. The Bertz CT molecular complexity index is 1130. The number of carbonyl (C=O) groups is 5. The average molecular weight is 575 g/mol. The van der Waals surface area contributed by atoms with Crippen molar-refractivity contribution in [1.29, 1.82) is 0 Å². The Morgan fingerprint density at radius 2 is 1.83 bits per heavy atom. The number of nitrogens with one attached hydrogen (secondary N) is 1. The van der Waals surface area contributed by atoms with Gasteiger partial charge in [-0.05, 0) is 80.1 Å². The zero-order chi connectivity index (χ0) is 30.3. The molecule has 3 fully saturated rings. The second-order valence-electron chi connectivity index (χ2n) is 13.6. The van der Waals surface area contributed by atoms with Crippen LogP contribution in [0, 0.1) is 34.5 Å². The minimum Gasteiger partial charge on any atom is -0.548 e. The number of hydrogen-bond donors (Lipinski definition) is 3. The number of amides is 1. The molecule has 41 heavy (non-hydrogen) atoms. The van der Waals surface area contributed by atoms with Crippen LogP contribution in [0.1, 0.15) is 91.9 Å². The molecular formula is C31H44NO9-. The molecule has 0 bridgehead atoms. The van der Waals surface area contributed by atoms with E-state index in [9.17, 15) is 39.3 Å². The van der Waals surface area contributed by atoms with Gasteiger partial charge < -0.3 is 30.2 Å². The molecule has 0 heterocycles. The molecule has 8 atom stereocenters. The van der Waals surface area contributed by atoms with Gasteiger partial charge in [0.25, 0.3) is 0 Å². The minimum atomic E-state index is -1.76. The Morgan fingerprint density at radius 3 is 2.49 bits per heavy atom. The minimum absolute atomic E-state index is 0.00256. The van der Waals surface area contributed by atoms with E-state index in [2.05, 4.69) is 12.2 Å². The van der Waals surface area contributed by atoms with E-state index in [0.717, 1.165) is 18.4 Å². The number of aliphatic hydroxyl groups is 2. The normalized spacial score (nSPS) is 36.9. The number of carbonyl (C=O) groups excluding carboxylic acids is 5. The van der Waals surface area contributed by atoms with Crippen molar-refractivity contribution in [2.75, 3.05) is 6.61 Å². The summed E-state index contributed by atoms with van der Waals surface area (Å²) in [4.78, 5) is 61.2. The standard InChI is InChI=1S/C31H45NO9/c1-17(2)13-22(28(38)39)32-25(36)7-8-26(37)41-16-24(35)31(40)12-10-21-20-6-5-18-14-19(33)9-11-29(18,3)27(20)23(34)15-30(21,31)4/h14,17,20-23,27,34,40H,5-13,15-16H2,1-4H3,(H,32,36)(H,38,39)/p-1/t20-,21-,22-,23+,27+,29-,30-,31+/m0/s1. The van der Waals surface area contributed by atoms with E-state index in [1.807, 2.05) is 20.8 Å². The fourth-order valence-corrected chi connectivity index (χ4v) is 8.66. The Labute approximate surface area is 241 Å². The van der Waals surface area contributed by atoms with Crippen molar-refractivity contribution in [1.82, 2.24) is 5.32 Å². The van der Waals surface area contributed by atoms with E-state index < -0.39 is 53.4 Å². The van der Waals surface area contributed by atoms with E-state index in [0.29, 0.717) is 19.3 Å². The number of hydrogen-bond acceptors (Lipinski definition) is 9. The fourth-order valence-electron chi connectivity index (χ4n) is 8.66. The van der Waals surface area contributed by atoms with Gasteiger partial charge >= 0.3 is 5.97 Å². The molecule has 0 aromatic heterocycles. The highest BCUT2D eigenvalue weighted by Gasteiger charge is 2.68. The van der Waals surface area contributed by atoms with Crippen molar-refractivity contribution in [2.45, 2.75) is 110 Å². The second kappa shape index (κ2) is 11.6. The van der Waals surface area contributed by atoms with Crippen molar-refractivity contribution in [3.05, 3.63) is 11.6 Å². The van der Waals surface area contributed by atoms with Gasteiger partial charge in [-0.2, -0.15) is 0 Å². The Morgan fingerprint density at radius 1 is 1.12 bits per heavy atom. The first-order chi connectivity index (χ1) is 19.1. The molecule has 4 aliphatic carbocycles. The van der Waals surface area contributed by atoms with E-state index in [1.165, 1.54) is 0 Å². The van der Waals surface area contributed by atoms with Crippen molar-refractivity contribution >= 4 is 29.4 Å². The number of aliphatic carboxylic acids is 1. The number of esters is 1. The summed E-state index contributed by atoms with van der Waals surface area (Å²) in [5.41, 5.74) is -1.83. The monoisotopic (exact) mass is 574 g/mol. The van der Waals surface area contributed by atoms with Crippen LogP contribution in [-0.2, 0) is 28.7 Å². The van der Waals surface area contributed by atoms with Gasteiger partial charge in [-0.25, -0.2) is 0 Å². The van der Waals surface area contributed by atoms with Crippen LogP contribution in [0.25, 0.3) is 0 Å². The van der Waals surface area contributed by atoms with Crippen molar-refractivity contribution in [3.63, 3.8) is 0 Å². The summed E-state index contributed by atoms with van der Waals surface area (Å²) in [7, 11) is 0. The predicted molar refractivity (Wildman–Crippen MR) is 145 cm³/mol. The lowest BCUT2D eigenvalue weighted by Gasteiger charge is -2.60. The van der Waals surface area contributed by atoms with Crippen molar-refractivity contribution in [2.24, 2.45) is 34.5 Å². The number of rotatable bonds is 10. The van der Waals surface area contributed by atoms with E-state index in [1.54, 1.807) is 6.08 Å². The van der Waals surface area contributed by atoms with Crippen LogP contribution in [0.3, 0.4) is 0 Å². The molecule has 3 N–H and O–H groups in total. The summed E-state index contributed by atoms with van der Waals surface area (Å²) in [6, 6.07) is -1.16. The third-order valence-corrected chi connectivity index (χ3v) is 10.8. The molecule has 228 valence electrons. The second-order valence-corrected chi connectivity index (χ2v) is 13.6. The molecule has 10 nitrogen and oxygen atoms in total. The highest BCUT2D eigenvalue weighted by molar-refractivity contribution is 5.92. The number of aliphatic hydroxyl groups excluding tert-OH is 1. The van der Waals surface area contributed by atoms with E-state index in [-0.39, 0.29) is 67.0 Å². The number of carboxylic acid groups (broad SMARTS) is 1. The highest BCUT2D eigenvalue weighted by Crippen LogP contribution is 2.67. The SMILES string of the molecule is CC(C)C[C@H](NC(=O)CCC(=O)OCC(=O)[C@]1(O)CC[C@H]2[C@@H]3CCC4=CC(=O)CC[C@]4(C)[C@H]3[C@H](O)C[C@@]21C)C(=O)[O-]. The van der Waals surface area contributed by atoms with E-state index in [4.69, 9.17) is 4.74 Å². The molecule has 4 rings (SSSR count). The Kier molecular flexibility index (Phi) is 8.86. The molecule has 0 unspecified atom stereocenters. The van der Waals surface area contributed by atoms with Gasteiger partial charge in [-0.3, -0.25) is 19.2 Å². The van der Waals surface area contributed by atoms with Crippen molar-refractivity contribution in [3.8, 4) is 0 Å². The largest absolute Gasteiger partial charge is 0.548 e. The number of ketones is 2. The molecule has 0 aromatic rings. The number of allylic oxidation sites excluding steroid dienone is 1. The first kappa shape index (κ1) is 31.3. The third kappa shape index (κ3) is 5.74. The summed E-state index contributed by atoms with van der Waals surface area (Å²) in [6.45, 7) is 6.98. The van der Waals surface area contributed by atoms with Crippen LogP contribution >= 0.6 is 0 Å². The van der Waals surface area contributed by atoms with Crippen LogP contribution in [0.15, 0.2) is 11.6 Å². The van der Waals surface area contributed by atoms with Gasteiger partial charge in [0.15, 0.2) is 12.4 Å². The number of Topliss-reactive ketones (excluding diaryl/α,β-unsaturated/α-hetero) is 1. The van der Waals surface area contributed by atoms with E-state index >= 15 is 0 Å². The average Bonchev–Trinajstić information content (AvgIpc) is 3.16. The summed E-state index contributed by atoms with van der Waals surface area (Å²) in [5, 5.41) is 36.9. The maximum Gasteiger partial charge on any atom is 0.306 e. The molecular weight excluding hydrogens is 530 g/mol. The maximum absolute atomic E-state index is 13.4. The summed E-state index contributed by atoms with van der Waals surface area (Å²) in [5.74, 6) is -3.26. The lowest BCUT2D eigenvalue weighted by molar-refractivity contribution is -0.308. The molecule has 4 aliphatic rings. The van der Waals surface area contributed by atoms with Gasteiger partial charge in [0.2, 0.25) is 11.7 Å². The molecule has 3 saturated carbocycles. The first-order valence-electron chi connectivity index (χ1n) is 15.0. The maximum atomic E-state index is 13.4. The molecule has 0 radical (unpaired) electrons. The number of ether oxygens (including phenoxy) is 1. The predicted octanol–water partition coefficient (Wildman–Crippen LogP) is 1.39. The quantitative estimate of drug-likeness (QED) is 0.326. The summed E-state index contributed by atoms with van der Waals surface area (Å²) < 4.78 is 5.14. The third-order valence-electron chi connectivity index (χ3n) is 10.8. The lowest BCUT2D eigenvalue weighted by atomic mass is 9.45. The molecule has 0 saturated heterocycles. The highest BCUT2D eigenvalue weighted by atomic mass is 16.5. The molecule has 0 spiro atoms. The zero-order valence-electron chi connectivity index (χ0n) is 24.6. The van der Waals surface area contributed by atoms with Crippen LogP contribution in [0.2, 0.25) is 0 Å². The lowest BCUT2D eigenvalue weighted by Crippen LogP contribution is -2.62. The Balaban J connectivity index is 1.36. The van der Waals surface area contributed by atoms with Crippen molar-refractivity contribution < 1.29 is 44.0 Å². The number of fused-ring (bicyclic) bond motifs is 5. The Hall–Kier alpha value is -2.59. The summed E-state index contributed by atoms with van der Waals surface area (Å²) in [6.07, 6.45) is 4.32. The topological polar surface area (TPSA) is 170 Å². The van der Waals surface area contributed by atoms with Gasteiger partial charge in [0.1, 0.15) is 5.60 Å². The smallest absolute Gasteiger partial charge is 0.306 e. The van der Waals surface area contributed by atoms with Crippen LogP contribution < -0.4 is 10.4 Å². The number of carboxylic acids is 1. The van der Waals surface area contributed by atoms with Gasteiger partial charge in [-0.15, -0.1) is 0 Å². The zero-order valence-corrected chi connectivity index (χ0v) is 24.6. The van der Waals surface area contributed by atoms with Crippen LogP contribution in [0.4, 0.5) is 0 Å². The fraction of sp³-hybridized carbons (Fsp3) is 0.774.